The topological polar surface area (TPSA) is 35.5 Å². The van der Waals surface area contributed by atoms with Gasteiger partial charge < -0.3 is 4.74 Å². The molecule has 0 unspecified atom stereocenters. The highest BCUT2D eigenvalue weighted by Gasteiger charge is 2.05. The van der Waals surface area contributed by atoms with Crippen molar-refractivity contribution < 1.29 is 13.1 Å². The third-order valence-corrected chi connectivity index (χ3v) is 3.52. The maximum absolute atomic E-state index is 11.7. The Morgan fingerprint density at radius 3 is 2.53 bits per heavy atom. The third-order valence-electron chi connectivity index (χ3n) is 2.44. The van der Waals surface area contributed by atoms with Crippen LogP contribution in [0.25, 0.3) is 10.8 Å². The molecule has 0 saturated heterocycles. The molecule has 17 heavy (non-hydrogen) atoms. The predicted octanol–water partition coefficient (Wildman–Crippen LogP) is 2.91. The molecule has 2 aromatic carbocycles. The van der Waals surface area contributed by atoms with Crippen molar-refractivity contribution in [3.05, 3.63) is 36.4 Å². The van der Waals surface area contributed by atoms with Gasteiger partial charge in [0.1, 0.15) is 5.75 Å². The Morgan fingerprint density at radius 2 is 1.82 bits per heavy atom. The van der Waals surface area contributed by atoms with E-state index in [0.29, 0.717) is 11.5 Å². The highest BCUT2D eigenvalue weighted by atomic mass is 32.2. The summed E-state index contributed by atoms with van der Waals surface area (Å²) >= 11 is -1.38. The molecule has 0 aliphatic carbocycles. The van der Waals surface area contributed by atoms with E-state index < -0.39 is 11.1 Å². The molecule has 2 aromatic rings. The molecule has 0 aliphatic rings. The monoisotopic (exact) mass is 250 g/mol. The van der Waals surface area contributed by atoms with Crippen LogP contribution >= 0.6 is 0 Å². The van der Waals surface area contributed by atoms with Gasteiger partial charge in [0.05, 0.1) is 18.6 Å². The fourth-order valence-corrected chi connectivity index (χ4v) is 2.36. The molecule has 0 radical (unpaired) electrons. The number of rotatable bonds is 4. The van der Waals surface area contributed by atoms with Crippen molar-refractivity contribution in [3.63, 3.8) is 0 Å². The van der Waals surface area contributed by atoms with E-state index in [1.807, 2.05) is 43.3 Å². The molecule has 0 fully saturated rings. The molecule has 1 atom stereocenters. The van der Waals surface area contributed by atoms with E-state index >= 15 is 0 Å². The summed E-state index contributed by atoms with van der Waals surface area (Å²) in [7, 11) is 1.64. The zero-order chi connectivity index (χ0) is 12.3. The fourth-order valence-electron chi connectivity index (χ4n) is 1.61. The highest BCUT2D eigenvalue weighted by Crippen LogP contribution is 2.23. The van der Waals surface area contributed by atoms with E-state index in [2.05, 4.69) is 0 Å². The molecule has 0 saturated carbocycles. The quantitative estimate of drug-likeness (QED) is 0.837. The zero-order valence-electron chi connectivity index (χ0n) is 9.80. The standard InChI is InChI=1S/C13H14O3S/c1-3-16-17(14)13-7-5-10-8-12(15-2)6-4-11(10)9-13/h4-9H,3H2,1-2H3/t17-/m1/s1. The molecule has 3 nitrogen and oxygen atoms in total. The Kier molecular flexibility index (Phi) is 3.76. The van der Waals surface area contributed by atoms with E-state index in [0.717, 1.165) is 16.5 Å². The summed E-state index contributed by atoms with van der Waals surface area (Å²) in [4.78, 5) is 0.685. The first-order valence-electron chi connectivity index (χ1n) is 5.37. The van der Waals surface area contributed by atoms with E-state index in [1.54, 1.807) is 7.11 Å². The first-order valence-corrected chi connectivity index (χ1v) is 6.45. The molecule has 2 rings (SSSR count). The summed E-state index contributed by atoms with van der Waals surface area (Å²) in [6.07, 6.45) is 0. The first-order chi connectivity index (χ1) is 8.24. The van der Waals surface area contributed by atoms with Crippen LogP contribution in [0.4, 0.5) is 0 Å². The smallest absolute Gasteiger partial charge is 0.189 e. The van der Waals surface area contributed by atoms with Crippen molar-refractivity contribution in [1.29, 1.82) is 0 Å². The van der Waals surface area contributed by atoms with Crippen LogP contribution in [0.1, 0.15) is 6.92 Å². The van der Waals surface area contributed by atoms with Gasteiger partial charge in [-0.25, -0.2) is 4.21 Å². The minimum atomic E-state index is -1.38. The molecule has 0 N–H and O–H groups in total. The van der Waals surface area contributed by atoms with Gasteiger partial charge in [0, 0.05) is 0 Å². The maximum Gasteiger partial charge on any atom is 0.189 e. The molecule has 0 spiro atoms. The molecule has 0 aliphatic heterocycles. The molecule has 0 heterocycles. The Labute approximate surface area is 103 Å². The van der Waals surface area contributed by atoms with Crippen LogP contribution in [0.5, 0.6) is 5.75 Å². The summed E-state index contributed by atoms with van der Waals surface area (Å²) in [5, 5.41) is 2.08. The second-order valence-corrected chi connectivity index (χ2v) is 4.69. The number of hydrogen-bond acceptors (Lipinski definition) is 3. The molecular formula is C13H14O3S. The number of ether oxygens (including phenoxy) is 1. The van der Waals surface area contributed by atoms with Gasteiger partial charge in [0.15, 0.2) is 11.1 Å². The van der Waals surface area contributed by atoms with Gasteiger partial charge in [0.25, 0.3) is 0 Å². The van der Waals surface area contributed by atoms with E-state index in [4.69, 9.17) is 8.92 Å². The lowest BCUT2D eigenvalue weighted by Crippen LogP contribution is -1.96. The third kappa shape index (κ3) is 2.65. The van der Waals surface area contributed by atoms with Crippen LogP contribution < -0.4 is 4.74 Å². The average Bonchev–Trinajstić information content (AvgIpc) is 2.37. The van der Waals surface area contributed by atoms with Crippen molar-refractivity contribution >= 4 is 21.9 Å². The first kappa shape index (κ1) is 12.1. The second-order valence-electron chi connectivity index (χ2n) is 3.52. The zero-order valence-corrected chi connectivity index (χ0v) is 10.6. The lowest BCUT2D eigenvalue weighted by molar-refractivity contribution is 0.371. The van der Waals surface area contributed by atoms with Crippen molar-refractivity contribution in [1.82, 2.24) is 0 Å². The van der Waals surface area contributed by atoms with E-state index in [9.17, 15) is 4.21 Å². The van der Waals surface area contributed by atoms with Crippen LogP contribution in [-0.2, 0) is 15.3 Å². The summed E-state index contributed by atoms with van der Waals surface area (Å²) < 4.78 is 21.9. The fraction of sp³-hybridized carbons (Fsp3) is 0.231. The lowest BCUT2D eigenvalue weighted by atomic mass is 10.1. The SMILES string of the molecule is CCO[S@@](=O)c1ccc2cc(OC)ccc2c1. The van der Waals surface area contributed by atoms with Crippen molar-refractivity contribution in [2.75, 3.05) is 13.7 Å². The van der Waals surface area contributed by atoms with Crippen LogP contribution in [0, 0.1) is 0 Å². The van der Waals surface area contributed by atoms with Crippen molar-refractivity contribution in [3.8, 4) is 5.75 Å². The number of methoxy groups -OCH3 is 1. The molecule has 0 amide bonds. The van der Waals surface area contributed by atoms with Gasteiger partial charge in [-0.05, 0) is 42.0 Å². The van der Waals surface area contributed by atoms with Gasteiger partial charge in [-0.3, -0.25) is 4.18 Å². The number of fused-ring (bicyclic) bond motifs is 1. The molecule has 0 aromatic heterocycles. The summed E-state index contributed by atoms with van der Waals surface area (Å²) in [5.41, 5.74) is 0. The van der Waals surface area contributed by atoms with Crippen LogP contribution in [0.3, 0.4) is 0 Å². The Hall–Kier alpha value is -1.39. The average molecular weight is 250 g/mol. The Morgan fingerprint density at radius 1 is 1.12 bits per heavy atom. The molecule has 0 bridgehead atoms. The van der Waals surface area contributed by atoms with Gasteiger partial charge in [-0.15, -0.1) is 0 Å². The summed E-state index contributed by atoms with van der Waals surface area (Å²) in [6, 6.07) is 11.4. The summed E-state index contributed by atoms with van der Waals surface area (Å²) in [6.45, 7) is 2.26. The highest BCUT2D eigenvalue weighted by molar-refractivity contribution is 7.80. The lowest BCUT2D eigenvalue weighted by Gasteiger charge is -2.05. The van der Waals surface area contributed by atoms with Gasteiger partial charge >= 0.3 is 0 Å². The van der Waals surface area contributed by atoms with E-state index in [-0.39, 0.29) is 0 Å². The summed E-state index contributed by atoms with van der Waals surface area (Å²) in [5.74, 6) is 0.816. The van der Waals surface area contributed by atoms with Crippen molar-refractivity contribution in [2.45, 2.75) is 11.8 Å². The maximum atomic E-state index is 11.7. The van der Waals surface area contributed by atoms with Crippen molar-refractivity contribution in [2.24, 2.45) is 0 Å². The van der Waals surface area contributed by atoms with Crippen LogP contribution in [0.2, 0.25) is 0 Å². The van der Waals surface area contributed by atoms with Gasteiger partial charge in [0.2, 0.25) is 0 Å². The predicted molar refractivity (Wildman–Crippen MR) is 68.5 cm³/mol. The minimum absolute atomic E-state index is 0.438. The van der Waals surface area contributed by atoms with Crippen LogP contribution in [0.15, 0.2) is 41.3 Å². The normalized spacial score (nSPS) is 12.6. The largest absolute Gasteiger partial charge is 0.497 e. The molecule has 4 heteroatoms. The van der Waals surface area contributed by atoms with Crippen LogP contribution in [-0.4, -0.2) is 17.9 Å². The molecular weight excluding hydrogens is 236 g/mol. The number of hydrogen-bond donors (Lipinski definition) is 0. The number of benzene rings is 2. The van der Waals surface area contributed by atoms with Gasteiger partial charge in [-0.2, -0.15) is 0 Å². The minimum Gasteiger partial charge on any atom is -0.497 e. The second kappa shape index (κ2) is 5.29. The van der Waals surface area contributed by atoms with E-state index in [1.165, 1.54) is 0 Å². The Balaban J connectivity index is 2.41. The molecule has 90 valence electrons. The Bertz CT molecular complexity index is 551. The van der Waals surface area contributed by atoms with Gasteiger partial charge in [-0.1, -0.05) is 12.1 Å².